The molecule has 0 bridgehead atoms. The van der Waals surface area contributed by atoms with Crippen LogP contribution in [0, 0.1) is 0 Å². The highest BCUT2D eigenvalue weighted by Gasteiger charge is 2.62. The van der Waals surface area contributed by atoms with E-state index in [1.165, 1.54) is 11.8 Å². The minimum atomic E-state index is -0.950. The molecule has 2 saturated heterocycles. The van der Waals surface area contributed by atoms with Crippen molar-refractivity contribution in [1.29, 1.82) is 0 Å². The second-order valence-electron chi connectivity index (χ2n) is 8.76. The number of carbonyl (C=O) groups excluding carboxylic acids is 3. The van der Waals surface area contributed by atoms with Gasteiger partial charge >= 0.3 is 6.09 Å². The van der Waals surface area contributed by atoms with Crippen molar-refractivity contribution in [2.75, 3.05) is 27.2 Å². The van der Waals surface area contributed by atoms with Gasteiger partial charge in [0.15, 0.2) is 0 Å². The molecule has 9 heteroatoms. The van der Waals surface area contributed by atoms with Crippen molar-refractivity contribution >= 4 is 17.9 Å². The van der Waals surface area contributed by atoms with Gasteiger partial charge in [0.1, 0.15) is 17.2 Å². The number of hydrogen-bond donors (Lipinski definition) is 2. The Morgan fingerprint density at radius 1 is 1.44 bits per heavy atom. The highest BCUT2D eigenvalue weighted by atomic mass is 16.6. The predicted octanol–water partition coefficient (Wildman–Crippen LogP) is -0.237. The van der Waals surface area contributed by atoms with Gasteiger partial charge in [-0.2, -0.15) is 0 Å². The third-order valence-electron chi connectivity index (χ3n) is 5.27. The van der Waals surface area contributed by atoms with Crippen LogP contribution < -0.4 is 5.73 Å². The molecule has 2 aliphatic rings. The fourth-order valence-electron chi connectivity index (χ4n) is 4.24. The highest BCUT2D eigenvalue weighted by molar-refractivity contribution is 5.96. The number of rotatable bonds is 5. The zero-order valence-electron chi connectivity index (χ0n) is 17.1. The number of aliphatic hydroxyl groups excluding tert-OH is 1. The third-order valence-corrected chi connectivity index (χ3v) is 5.27. The fraction of sp³-hybridized carbons (Fsp3) is 0.833. The molecule has 27 heavy (non-hydrogen) atoms. The monoisotopic (exact) mass is 384 g/mol. The molecule has 3 amide bonds. The van der Waals surface area contributed by atoms with Crippen molar-refractivity contribution in [1.82, 2.24) is 14.7 Å². The van der Waals surface area contributed by atoms with Gasteiger partial charge in [0.25, 0.3) is 0 Å². The van der Waals surface area contributed by atoms with E-state index >= 15 is 0 Å². The summed E-state index contributed by atoms with van der Waals surface area (Å²) < 4.78 is 5.56. The normalized spacial score (nSPS) is 27.7. The van der Waals surface area contributed by atoms with Crippen molar-refractivity contribution in [3.63, 3.8) is 0 Å². The Hall–Kier alpha value is -1.87. The number of likely N-dealkylation sites (N-methyl/N-ethyl adjacent to an activating group) is 2. The van der Waals surface area contributed by atoms with E-state index < -0.39 is 35.3 Å². The van der Waals surface area contributed by atoms with E-state index in [4.69, 9.17) is 10.5 Å². The quantitative estimate of drug-likeness (QED) is 0.632. The van der Waals surface area contributed by atoms with E-state index in [2.05, 4.69) is 0 Å². The maximum absolute atomic E-state index is 12.9. The Morgan fingerprint density at radius 3 is 2.44 bits per heavy atom. The SMILES string of the molecule is C[C@@H](O)[C@@H](C(N)=O)N(C)CC1CCC2(CN(C)C2=O)N1C(=O)OC(C)(C)C. The first-order valence-electron chi connectivity index (χ1n) is 9.25. The molecule has 2 heterocycles. The predicted molar refractivity (Wildman–Crippen MR) is 98.8 cm³/mol. The molecule has 2 unspecified atom stereocenters. The molecule has 4 atom stereocenters. The van der Waals surface area contributed by atoms with Crippen LogP contribution in [0.1, 0.15) is 40.5 Å². The van der Waals surface area contributed by atoms with Gasteiger partial charge in [-0.3, -0.25) is 19.4 Å². The molecule has 2 aliphatic heterocycles. The number of nitrogens with two attached hydrogens (primary N) is 1. The molecule has 154 valence electrons. The van der Waals surface area contributed by atoms with E-state index in [0.29, 0.717) is 25.9 Å². The molecule has 1 spiro atoms. The maximum Gasteiger partial charge on any atom is 0.411 e. The molecule has 2 rings (SSSR count). The molecule has 9 nitrogen and oxygen atoms in total. The number of aliphatic hydroxyl groups is 1. The van der Waals surface area contributed by atoms with Gasteiger partial charge in [0.05, 0.1) is 12.6 Å². The summed E-state index contributed by atoms with van der Waals surface area (Å²) in [6.45, 7) is 7.59. The number of hydrogen-bond acceptors (Lipinski definition) is 6. The Labute approximate surface area is 160 Å². The lowest BCUT2D eigenvalue weighted by Gasteiger charge is -2.51. The van der Waals surface area contributed by atoms with E-state index in [1.807, 2.05) is 0 Å². The second kappa shape index (κ2) is 7.27. The molecule has 0 aromatic rings. The van der Waals surface area contributed by atoms with Crippen molar-refractivity contribution < 1.29 is 24.2 Å². The van der Waals surface area contributed by atoms with Crippen molar-refractivity contribution in [3.8, 4) is 0 Å². The topological polar surface area (TPSA) is 116 Å². The smallest absolute Gasteiger partial charge is 0.411 e. The molecule has 2 fully saturated rings. The van der Waals surface area contributed by atoms with Crippen LogP contribution >= 0.6 is 0 Å². The van der Waals surface area contributed by atoms with E-state index in [0.717, 1.165) is 0 Å². The first-order chi connectivity index (χ1) is 12.3. The van der Waals surface area contributed by atoms with Gasteiger partial charge in [0, 0.05) is 19.6 Å². The summed E-state index contributed by atoms with van der Waals surface area (Å²) in [6.07, 6.45) is -0.333. The van der Waals surface area contributed by atoms with Crippen LogP contribution in [0.5, 0.6) is 0 Å². The van der Waals surface area contributed by atoms with Crippen molar-refractivity contribution in [3.05, 3.63) is 0 Å². The number of primary amides is 1. The minimum absolute atomic E-state index is 0.0968. The van der Waals surface area contributed by atoms with Gasteiger partial charge in [0.2, 0.25) is 11.8 Å². The highest BCUT2D eigenvalue weighted by Crippen LogP contribution is 2.42. The van der Waals surface area contributed by atoms with Crippen LogP contribution in [0.25, 0.3) is 0 Å². The molecule has 0 saturated carbocycles. The summed E-state index contributed by atoms with van der Waals surface area (Å²) in [5, 5.41) is 9.88. The Bertz CT molecular complexity index is 617. The van der Waals surface area contributed by atoms with E-state index in [1.54, 1.807) is 44.7 Å². The molecule has 0 radical (unpaired) electrons. The number of likely N-dealkylation sites (tertiary alicyclic amines) is 2. The molecule has 0 aliphatic carbocycles. The van der Waals surface area contributed by atoms with Crippen LogP contribution in [0.2, 0.25) is 0 Å². The van der Waals surface area contributed by atoms with Crippen LogP contribution in [0.3, 0.4) is 0 Å². The largest absolute Gasteiger partial charge is 0.444 e. The summed E-state index contributed by atoms with van der Waals surface area (Å²) in [4.78, 5) is 42.0. The van der Waals surface area contributed by atoms with Gasteiger partial charge in [-0.25, -0.2) is 4.79 Å². The number of carbonyl (C=O) groups is 3. The summed E-state index contributed by atoms with van der Waals surface area (Å²) in [6, 6.07) is -1.19. The van der Waals surface area contributed by atoms with Gasteiger partial charge < -0.3 is 20.5 Å². The zero-order chi connectivity index (χ0) is 20.7. The van der Waals surface area contributed by atoms with Gasteiger partial charge in [-0.15, -0.1) is 0 Å². The van der Waals surface area contributed by atoms with Gasteiger partial charge in [-0.05, 0) is 47.6 Å². The van der Waals surface area contributed by atoms with Crippen LogP contribution in [-0.2, 0) is 14.3 Å². The first-order valence-corrected chi connectivity index (χ1v) is 9.25. The van der Waals surface area contributed by atoms with Crippen molar-refractivity contribution in [2.45, 2.75) is 69.9 Å². The summed E-state index contributed by atoms with van der Waals surface area (Å²) in [7, 11) is 3.38. The molecule has 3 N–H and O–H groups in total. The third kappa shape index (κ3) is 4.03. The number of β-lactam (4-membered cyclic amide) rings is 1. The average Bonchev–Trinajstić information content (AvgIpc) is 2.85. The average molecular weight is 384 g/mol. The number of ether oxygens (including phenoxy) is 1. The maximum atomic E-state index is 12.9. The zero-order valence-corrected chi connectivity index (χ0v) is 17.1. The number of nitrogens with zero attached hydrogens (tertiary/aromatic N) is 3. The van der Waals surface area contributed by atoms with Gasteiger partial charge in [-0.1, -0.05) is 0 Å². The summed E-state index contributed by atoms with van der Waals surface area (Å²) in [5.74, 6) is -0.732. The van der Waals surface area contributed by atoms with E-state index in [9.17, 15) is 19.5 Å². The van der Waals surface area contributed by atoms with Crippen LogP contribution in [-0.4, -0.2) is 94.2 Å². The number of amides is 3. The fourth-order valence-corrected chi connectivity index (χ4v) is 4.24. The summed E-state index contributed by atoms with van der Waals surface area (Å²) >= 11 is 0. The Balaban J connectivity index is 2.25. The summed E-state index contributed by atoms with van der Waals surface area (Å²) in [5.41, 5.74) is 3.85. The first kappa shape index (κ1) is 21.4. The van der Waals surface area contributed by atoms with Crippen LogP contribution in [0.4, 0.5) is 4.79 Å². The lowest BCUT2D eigenvalue weighted by molar-refractivity contribution is -0.159. The molecular weight excluding hydrogens is 352 g/mol. The molecule has 0 aromatic carbocycles. The van der Waals surface area contributed by atoms with Crippen LogP contribution in [0.15, 0.2) is 0 Å². The minimum Gasteiger partial charge on any atom is -0.444 e. The standard InChI is InChI=1S/C18H32N4O5/c1-11(23)13(14(19)24)20(5)9-12-7-8-18(10-21(6)15(18)25)22(12)16(26)27-17(2,3)4/h11-13,23H,7-10H2,1-6H3,(H2,19,24)/t11-,12?,13+,18?/m1/s1. The Kier molecular flexibility index (Phi) is 5.77. The lowest BCUT2D eigenvalue weighted by atomic mass is 9.86. The molecule has 0 aromatic heterocycles. The van der Waals surface area contributed by atoms with Crippen molar-refractivity contribution in [2.24, 2.45) is 5.73 Å². The van der Waals surface area contributed by atoms with E-state index in [-0.39, 0.29) is 11.9 Å². The molecular formula is C18H32N4O5. The Morgan fingerprint density at radius 2 is 2.04 bits per heavy atom. The lowest BCUT2D eigenvalue weighted by Crippen LogP contribution is -2.73. The second-order valence-corrected chi connectivity index (χ2v) is 8.76.